The molecule has 0 aliphatic rings. The molecular weight excluding hydrogens is 237 g/mol. The van der Waals surface area contributed by atoms with Gasteiger partial charge in [-0.3, -0.25) is 14.2 Å². The van der Waals surface area contributed by atoms with Crippen LogP contribution in [0.1, 0.15) is 5.56 Å². The number of nitrogens with zero attached hydrogens (tertiary/aromatic N) is 1. The summed E-state index contributed by atoms with van der Waals surface area (Å²) in [6.45, 7) is 0. The van der Waals surface area contributed by atoms with Gasteiger partial charge in [0.25, 0.3) is 5.56 Å². The minimum atomic E-state index is -0.559. The summed E-state index contributed by atoms with van der Waals surface area (Å²) >= 11 is 0. The van der Waals surface area contributed by atoms with Crippen molar-refractivity contribution >= 4 is 6.29 Å². The van der Waals surface area contributed by atoms with E-state index in [9.17, 15) is 14.0 Å². The summed E-state index contributed by atoms with van der Waals surface area (Å²) in [5, 5.41) is 0. The van der Waals surface area contributed by atoms with Gasteiger partial charge in [0.15, 0.2) is 0 Å². The average Bonchev–Trinajstić information content (AvgIpc) is 2.39. The highest BCUT2D eigenvalue weighted by atomic mass is 19.1. The molecule has 0 fully saturated rings. The standard InChI is InChI=1S/C13H9FNO3/c1-18-12-6-7-15(13(17)11(12)8-16)10-4-2-9(14)3-5-10/h2-7H,1H3. The minimum Gasteiger partial charge on any atom is -0.496 e. The van der Waals surface area contributed by atoms with Crippen LogP contribution in [0.4, 0.5) is 4.39 Å². The predicted molar refractivity (Wildman–Crippen MR) is 63.3 cm³/mol. The minimum absolute atomic E-state index is 0.161. The zero-order valence-corrected chi connectivity index (χ0v) is 9.51. The molecule has 0 N–H and O–H groups in total. The van der Waals surface area contributed by atoms with E-state index < -0.39 is 11.4 Å². The summed E-state index contributed by atoms with van der Waals surface area (Å²) < 4.78 is 18.9. The van der Waals surface area contributed by atoms with E-state index in [0.29, 0.717) is 5.69 Å². The van der Waals surface area contributed by atoms with E-state index in [1.807, 2.05) is 0 Å². The molecule has 2 aromatic rings. The van der Waals surface area contributed by atoms with Crippen molar-refractivity contribution in [2.45, 2.75) is 0 Å². The van der Waals surface area contributed by atoms with Gasteiger partial charge in [0, 0.05) is 11.9 Å². The summed E-state index contributed by atoms with van der Waals surface area (Å²) in [5.41, 5.74) is -0.291. The summed E-state index contributed by atoms with van der Waals surface area (Å²) in [4.78, 5) is 22.8. The smallest absolute Gasteiger partial charge is 0.270 e. The molecule has 1 aromatic heterocycles. The van der Waals surface area contributed by atoms with Gasteiger partial charge in [0.05, 0.1) is 7.11 Å². The van der Waals surface area contributed by atoms with E-state index in [-0.39, 0.29) is 11.3 Å². The lowest BCUT2D eigenvalue weighted by Gasteiger charge is -2.08. The van der Waals surface area contributed by atoms with Crippen molar-refractivity contribution in [1.29, 1.82) is 0 Å². The van der Waals surface area contributed by atoms with Crippen LogP contribution in [0.5, 0.6) is 5.75 Å². The first kappa shape index (κ1) is 12.0. The summed E-state index contributed by atoms with van der Waals surface area (Å²) in [5.74, 6) is -0.240. The van der Waals surface area contributed by atoms with Crippen molar-refractivity contribution in [3.05, 3.63) is 58.3 Å². The molecule has 5 heteroatoms. The molecular formula is C13H9FNO3. The molecule has 0 spiro atoms. The molecule has 0 atom stereocenters. The molecule has 0 aliphatic heterocycles. The molecule has 91 valence electrons. The molecule has 4 nitrogen and oxygen atoms in total. The van der Waals surface area contributed by atoms with Crippen LogP contribution in [-0.4, -0.2) is 18.0 Å². The first-order valence-electron chi connectivity index (χ1n) is 5.11. The van der Waals surface area contributed by atoms with Gasteiger partial charge in [-0.25, -0.2) is 4.39 Å². The second kappa shape index (κ2) is 4.83. The molecule has 0 aliphatic carbocycles. The molecule has 0 bridgehead atoms. The fourth-order valence-electron chi connectivity index (χ4n) is 1.59. The van der Waals surface area contributed by atoms with E-state index in [4.69, 9.17) is 4.74 Å². The maximum Gasteiger partial charge on any atom is 0.270 e. The maximum absolute atomic E-state index is 12.8. The number of hydrogen-bond donors (Lipinski definition) is 0. The second-order valence-corrected chi connectivity index (χ2v) is 3.51. The molecule has 2 rings (SSSR count). The van der Waals surface area contributed by atoms with E-state index in [1.54, 1.807) is 6.29 Å². The lowest BCUT2D eigenvalue weighted by atomic mass is 10.2. The van der Waals surface area contributed by atoms with Gasteiger partial charge in [-0.2, -0.15) is 0 Å². The predicted octanol–water partition coefficient (Wildman–Crippen LogP) is 1.44. The van der Waals surface area contributed by atoms with Crippen LogP contribution in [0.25, 0.3) is 5.69 Å². The highest BCUT2D eigenvalue weighted by Crippen LogP contribution is 2.14. The largest absolute Gasteiger partial charge is 0.496 e. The first-order chi connectivity index (χ1) is 8.67. The Morgan fingerprint density at radius 2 is 1.89 bits per heavy atom. The van der Waals surface area contributed by atoms with E-state index in [1.165, 1.54) is 48.2 Å². The summed E-state index contributed by atoms with van der Waals surface area (Å²) in [7, 11) is 1.36. The van der Waals surface area contributed by atoms with Crippen molar-refractivity contribution in [1.82, 2.24) is 4.57 Å². The molecule has 1 aromatic carbocycles. The number of ether oxygens (including phenoxy) is 1. The van der Waals surface area contributed by atoms with Crippen LogP contribution < -0.4 is 10.3 Å². The lowest BCUT2D eigenvalue weighted by Crippen LogP contribution is -2.22. The van der Waals surface area contributed by atoms with Gasteiger partial charge >= 0.3 is 0 Å². The molecule has 1 radical (unpaired) electrons. The Labute approximate surface area is 102 Å². The van der Waals surface area contributed by atoms with Gasteiger partial charge in [0.1, 0.15) is 17.1 Å². The number of hydrogen-bond acceptors (Lipinski definition) is 3. The molecule has 0 amide bonds. The molecule has 0 saturated carbocycles. The Morgan fingerprint density at radius 3 is 2.44 bits per heavy atom. The lowest BCUT2D eigenvalue weighted by molar-refractivity contribution is 0.411. The zero-order valence-electron chi connectivity index (χ0n) is 9.51. The van der Waals surface area contributed by atoms with Crippen molar-refractivity contribution < 1.29 is 13.9 Å². The van der Waals surface area contributed by atoms with Gasteiger partial charge in [0.2, 0.25) is 6.29 Å². The van der Waals surface area contributed by atoms with Crippen molar-refractivity contribution in [2.24, 2.45) is 0 Å². The second-order valence-electron chi connectivity index (χ2n) is 3.51. The van der Waals surface area contributed by atoms with Crippen molar-refractivity contribution in [3.63, 3.8) is 0 Å². The number of carbonyl (C=O) groups excluding carboxylic acids is 1. The number of pyridine rings is 1. The third kappa shape index (κ3) is 2.02. The summed E-state index contributed by atoms with van der Waals surface area (Å²) in [6.07, 6.45) is 3.01. The Bertz CT molecular complexity index is 632. The first-order valence-corrected chi connectivity index (χ1v) is 5.11. The van der Waals surface area contributed by atoms with Crippen molar-refractivity contribution in [2.75, 3.05) is 7.11 Å². The van der Waals surface area contributed by atoms with Gasteiger partial charge in [-0.15, -0.1) is 0 Å². The van der Waals surface area contributed by atoms with Crippen LogP contribution in [-0.2, 0) is 4.79 Å². The number of methoxy groups -OCH3 is 1. The van der Waals surface area contributed by atoms with Gasteiger partial charge < -0.3 is 4.74 Å². The SMILES string of the molecule is COc1ccn(-c2ccc(F)cc2)c(=O)c1[C]=O. The maximum atomic E-state index is 12.8. The number of rotatable bonds is 3. The third-order valence-electron chi connectivity index (χ3n) is 2.48. The van der Waals surface area contributed by atoms with Crippen LogP contribution >= 0.6 is 0 Å². The monoisotopic (exact) mass is 246 g/mol. The fraction of sp³-hybridized carbons (Fsp3) is 0.0769. The Kier molecular flexibility index (Phi) is 3.23. The molecule has 1 heterocycles. The number of aromatic nitrogens is 1. The number of halogens is 1. The van der Waals surface area contributed by atoms with E-state index >= 15 is 0 Å². The Morgan fingerprint density at radius 1 is 1.22 bits per heavy atom. The topological polar surface area (TPSA) is 48.3 Å². The van der Waals surface area contributed by atoms with Gasteiger partial charge in [-0.05, 0) is 30.3 Å². The molecule has 0 unspecified atom stereocenters. The Balaban J connectivity index is 2.63. The normalized spacial score (nSPS) is 10.1. The van der Waals surface area contributed by atoms with Crippen molar-refractivity contribution in [3.8, 4) is 11.4 Å². The van der Waals surface area contributed by atoms with Crippen LogP contribution in [0.2, 0.25) is 0 Å². The third-order valence-corrected chi connectivity index (χ3v) is 2.48. The highest BCUT2D eigenvalue weighted by Gasteiger charge is 2.11. The number of benzene rings is 1. The van der Waals surface area contributed by atoms with Crippen LogP contribution in [0.3, 0.4) is 0 Å². The van der Waals surface area contributed by atoms with Gasteiger partial charge in [-0.1, -0.05) is 0 Å². The van der Waals surface area contributed by atoms with Crippen LogP contribution in [0.15, 0.2) is 41.3 Å². The molecule has 18 heavy (non-hydrogen) atoms. The highest BCUT2D eigenvalue weighted by molar-refractivity contribution is 5.79. The van der Waals surface area contributed by atoms with E-state index in [2.05, 4.69) is 0 Å². The quantitative estimate of drug-likeness (QED) is 0.823. The zero-order chi connectivity index (χ0) is 13.1. The Hall–Kier alpha value is -2.43. The average molecular weight is 246 g/mol. The van der Waals surface area contributed by atoms with E-state index in [0.717, 1.165) is 0 Å². The molecule has 0 saturated heterocycles. The fourth-order valence-corrected chi connectivity index (χ4v) is 1.59. The van der Waals surface area contributed by atoms with Crippen LogP contribution in [0, 0.1) is 5.82 Å². The summed E-state index contributed by atoms with van der Waals surface area (Å²) in [6, 6.07) is 6.83.